The summed E-state index contributed by atoms with van der Waals surface area (Å²) in [6, 6.07) is 4.45. The first-order valence-electron chi connectivity index (χ1n) is 5.42. The van der Waals surface area contributed by atoms with Gasteiger partial charge >= 0.3 is 0 Å². The summed E-state index contributed by atoms with van der Waals surface area (Å²) in [6.07, 6.45) is -2.70. The maximum Gasteiger partial charge on any atom is 0.280 e. The standard InChI is InChI=1S/C12H13F2N3O2/c1-18-8-3-4-9(19-2)11-10(8)6(17-15)5-7(16-11)12(13)14/h3-5,12H,15H2,1-2H3,(H,16,17). The molecule has 0 amide bonds. The fourth-order valence-electron chi connectivity index (χ4n) is 1.87. The number of nitrogens with zero attached hydrogens (tertiary/aromatic N) is 1. The van der Waals surface area contributed by atoms with Crippen LogP contribution in [0.2, 0.25) is 0 Å². The molecule has 0 aliphatic rings. The van der Waals surface area contributed by atoms with Crippen LogP contribution >= 0.6 is 0 Å². The molecule has 5 nitrogen and oxygen atoms in total. The molecular formula is C12H13F2N3O2. The number of methoxy groups -OCH3 is 2. The number of nitrogens with one attached hydrogen (secondary N) is 1. The van der Waals surface area contributed by atoms with Crippen molar-refractivity contribution in [3.63, 3.8) is 0 Å². The van der Waals surface area contributed by atoms with Crippen LogP contribution < -0.4 is 20.7 Å². The number of hydrogen-bond acceptors (Lipinski definition) is 5. The largest absolute Gasteiger partial charge is 0.496 e. The minimum Gasteiger partial charge on any atom is -0.496 e. The summed E-state index contributed by atoms with van der Waals surface area (Å²) in [5.74, 6) is 6.22. The van der Waals surface area contributed by atoms with Gasteiger partial charge in [-0.15, -0.1) is 0 Å². The highest BCUT2D eigenvalue weighted by Crippen LogP contribution is 2.38. The van der Waals surface area contributed by atoms with Crippen LogP contribution in [0.25, 0.3) is 10.9 Å². The van der Waals surface area contributed by atoms with E-state index in [2.05, 4.69) is 10.4 Å². The Morgan fingerprint density at radius 2 is 1.84 bits per heavy atom. The number of nitrogens with two attached hydrogens (primary N) is 1. The molecule has 1 aromatic carbocycles. The van der Waals surface area contributed by atoms with E-state index in [-0.39, 0.29) is 11.2 Å². The molecule has 2 aromatic rings. The highest BCUT2D eigenvalue weighted by Gasteiger charge is 2.18. The quantitative estimate of drug-likeness (QED) is 0.659. The number of nitrogen functional groups attached to an aromatic ring is 1. The van der Waals surface area contributed by atoms with E-state index in [4.69, 9.17) is 15.3 Å². The van der Waals surface area contributed by atoms with Crippen LogP contribution in [0.3, 0.4) is 0 Å². The molecule has 19 heavy (non-hydrogen) atoms. The van der Waals surface area contributed by atoms with Crippen molar-refractivity contribution in [3.05, 3.63) is 23.9 Å². The number of pyridine rings is 1. The zero-order valence-corrected chi connectivity index (χ0v) is 10.4. The first-order valence-corrected chi connectivity index (χ1v) is 5.42. The van der Waals surface area contributed by atoms with Gasteiger partial charge in [-0.3, -0.25) is 5.84 Å². The Balaban J connectivity index is 2.86. The number of benzene rings is 1. The molecule has 0 aliphatic heterocycles. The molecule has 0 spiro atoms. The average molecular weight is 269 g/mol. The number of ether oxygens (including phenoxy) is 2. The van der Waals surface area contributed by atoms with E-state index in [1.54, 1.807) is 12.1 Å². The van der Waals surface area contributed by atoms with Crippen molar-refractivity contribution < 1.29 is 18.3 Å². The average Bonchev–Trinajstić information content (AvgIpc) is 2.44. The van der Waals surface area contributed by atoms with Crippen LogP contribution in [0.4, 0.5) is 14.5 Å². The van der Waals surface area contributed by atoms with Crippen molar-refractivity contribution in [1.29, 1.82) is 0 Å². The number of alkyl halides is 2. The van der Waals surface area contributed by atoms with Crippen molar-refractivity contribution in [2.45, 2.75) is 6.43 Å². The Hall–Kier alpha value is -2.15. The van der Waals surface area contributed by atoms with E-state index in [1.807, 2.05) is 0 Å². The number of fused-ring (bicyclic) bond motifs is 1. The van der Waals surface area contributed by atoms with Gasteiger partial charge in [-0.25, -0.2) is 13.8 Å². The smallest absolute Gasteiger partial charge is 0.280 e. The summed E-state index contributed by atoms with van der Waals surface area (Å²) in [7, 11) is 2.91. The molecule has 0 fully saturated rings. The second-order valence-corrected chi connectivity index (χ2v) is 3.73. The molecule has 0 saturated heterocycles. The lowest BCUT2D eigenvalue weighted by atomic mass is 10.1. The van der Waals surface area contributed by atoms with Crippen molar-refractivity contribution in [1.82, 2.24) is 4.98 Å². The minimum atomic E-state index is -2.70. The Bertz CT molecular complexity index is 605. The highest BCUT2D eigenvalue weighted by atomic mass is 19.3. The Kier molecular flexibility index (Phi) is 3.66. The van der Waals surface area contributed by atoms with Crippen molar-refractivity contribution >= 4 is 16.6 Å². The highest BCUT2D eigenvalue weighted by molar-refractivity contribution is 5.99. The van der Waals surface area contributed by atoms with Gasteiger partial charge in [-0.2, -0.15) is 0 Å². The summed E-state index contributed by atoms with van der Waals surface area (Å²) >= 11 is 0. The SMILES string of the molecule is COc1ccc(OC)c2c(NN)cc(C(F)F)nc12. The molecule has 7 heteroatoms. The summed E-state index contributed by atoms with van der Waals surface area (Å²) in [5, 5.41) is 0.494. The lowest BCUT2D eigenvalue weighted by Gasteiger charge is -2.14. The van der Waals surface area contributed by atoms with E-state index in [9.17, 15) is 8.78 Å². The van der Waals surface area contributed by atoms with Crippen LogP contribution in [0.1, 0.15) is 12.1 Å². The summed E-state index contributed by atoms with van der Waals surface area (Å²) < 4.78 is 36.0. The zero-order valence-electron chi connectivity index (χ0n) is 10.4. The van der Waals surface area contributed by atoms with E-state index in [0.29, 0.717) is 22.6 Å². The molecule has 1 heterocycles. The van der Waals surface area contributed by atoms with Gasteiger partial charge in [0, 0.05) is 0 Å². The van der Waals surface area contributed by atoms with Gasteiger partial charge in [0.05, 0.1) is 25.3 Å². The summed E-state index contributed by atoms with van der Waals surface area (Å²) in [6.45, 7) is 0. The number of hydrogen-bond donors (Lipinski definition) is 2. The predicted octanol–water partition coefficient (Wildman–Crippen LogP) is 2.48. The molecule has 0 unspecified atom stereocenters. The van der Waals surface area contributed by atoms with E-state index in [0.717, 1.165) is 0 Å². The van der Waals surface area contributed by atoms with Crippen molar-refractivity contribution in [2.75, 3.05) is 19.6 Å². The predicted molar refractivity (Wildman–Crippen MR) is 67.6 cm³/mol. The maximum atomic E-state index is 12.8. The van der Waals surface area contributed by atoms with Crippen LogP contribution in [0, 0.1) is 0 Å². The topological polar surface area (TPSA) is 69.4 Å². The van der Waals surface area contributed by atoms with Crippen LogP contribution in [0.5, 0.6) is 11.5 Å². The van der Waals surface area contributed by atoms with Gasteiger partial charge in [0.1, 0.15) is 22.7 Å². The normalized spacial score (nSPS) is 10.8. The molecule has 1 aromatic heterocycles. The number of rotatable bonds is 4. The van der Waals surface area contributed by atoms with E-state index < -0.39 is 6.43 Å². The fourth-order valence-corrected chi connectivity index (χ4v) is 1.87. The molecule has 0 atom stereocenters. The third-order valence-electron chi connectivity index (χ3n) is 2.72. The second kappa shape index (κ2) is 5.23. The molecular weight excluding hydrogens is 256 g/mol. The van der Waals surface area contributed by atoms with Gasteiger partial charge < -0.3 is 14.9 Å². The lowest BCUT2D eigenvalue weighted by molar-refractivity contribution is 0.146. The molecule has 0 saturated carbocycles. The Morgan fingerprint density at radius 1 is 1.21 bits per heavy atom. The molecule has 0 aliphatic carbocycles. The minimum absolute atomic E-state index is 0.271. The summed E-state index contributed by atoms with van der Waals surface area (Å²) in [4.78, 5) is 3.91. The number of aromatic nitrogens is 1. The second-order valence-electron chi connectivity index (χ2n) is 3.73. The molecule has 0 radical (unpaired) electrons. The van der Waals surface area contributed by atoms with E-state index >= 15 is 0 Å². The van der Waals surface area contributed by atoms with Crippen LogP contribution in [-0.4, -0.2) is 19.2 Å². The maximum absolute atomic E-state index is 12.8. The van der Waals surface area contributed by atoms with E-state index in [1.165, 1.54) is 20.3 Å². The van der Waals surface area contributed by atoms with Gasteiger partial charge in [0.2, 0.25) is 0 Å². The first kappa shape index (κ1) is 13.3. The monoisotopic (exact) mass is 269 g/mol. The van der Waals surface area contributed by atoms with Gasteiger partial charge in [-0.05, 0) is 18.2 Å². The fraction of sp³-hybridized carbons (Fsp3) is 0.250. The Labute approximate surface area is 108 Å². The van der Waals surface area contributed by atoms with Crippen molar-refractivity contribution in [3.8, 4) is 11.5 Å². The third-order valence-corrected chi connectivity index (χ3v) is 2.72. The number of anilines is 1. The molecule has 0 bridgehead atoms. The third kappa shape index (κ3) is 2.24. The van der Waals surface area contributed by atoms with Gasteiger partial charge in [-0.1, -0.05) is 0 Å². The number of hydrazine groups is 1. The summed E-state index contributed by atoms with van der Waals surface area (Å²) in [5.41, 5.74) is 2.57. The molecule has 102 valence electrons. The van der Waals surface area contributed by atoms with Gasteiger partial charge in [0.15, 0.2) is 0 Å². The van der Waals surface area contributed by atoms with Crippen molar-refractivity contribution in [2.24, 2.45) is 5.84 Å². The van der Waals surface area contributed by atoms with Gasteiger partial charge in [0.25, 0.3) is 6.43 Å². The molecule has 3 N–H and O–H groups in total. The zero-order chi connectivity index (χ0) is 14.0. The van der Waals surface area contributed by atoms with Crippen LogP contribution in [0.15, 0.2) is 18.2 Å². The lowest BCUT2D eigenvalue weighted by Crippen LogP contribution is -2.09. The first-order chi connectivity index (χ1) is 9.12. The van der Waals surface area contributed by atoms with Crippen LogP contribution in [-0.2, 0) is 0 Å². The Morgan fingerprint density at radius 3 is 2.37 bits per heavy atom. The molecule has 2 rings (SSSR count). The number of halogens is 2.